The highest BCUT2D eigenvalue weighted by Gasteiger charge is 2.25. The summed E-state index contributed by atoms with van der Waals surface area (Å²) < 4.78 is 40.3. The van der Waals surface area contributed by atoms with Crippen molar-refractivity contribution in [2.75, 3.05) is 18.9 Å². The summed E-state index contributed by atoms with van der Waals surface area (Å²) in [7, 11) is 0. The number of carbonyl (C=O) groups excluding carboxylic acids is 2. The van der Waals surface area contributed by atoms with E-state index in [9.17, 15) is 23.2 Å². The van der Waals surface area contributed by atoms with Gasteiger partial charge in [-0.25, -0.2) is 8.78 Å². The summed E-state index contributed by atoms with van der Waals surface area (Å²) in [5, 5.41) is 3.33. The number of halogens is 2. The topological polar surface area (TPSA) is 113 Å². The van der Waals surface area contributed by atoms with Crippen molar-refractivity contribution in [2.45, 2.75) is 50.7 Å². The van der Waals surface area contributed by atoms with E-state index in [4.69, 9.17) is 15.2 Å². The smallest absolute Gasteiger partial charge is 0.323 e. The van der Waals surface area contributed by atoms with Gasteiger partial charge in [-0.1, -0.05) is 30.3 Å². The fourth-order valence-electron chi connectivity index (χ4n) is 5.40. The first-order valence-electron chi connectivity index (χ1n) is 15.0. The van der Waals surface area contributed by atoms with Crippen molar-refractivity contribution in [3.05, 3.63) is 124 Å². The Bertz CT molecular complexity index is 1690. The molecule has 45 heavy (non-hydrogen) atoms. The van der Waals surface area contributed by atoms with E-state index in [0.29, 0.717) is 43.5 Å². The fourth-order valence-corrected chi connectivity index (χ4v) is 5.40. The molecule has 0 radical (unpaired) electrons. The molecule has 5 rings (SSSR count). The van der Waals surface area contributed by atoms with Crippen LogP contribution < -0.4 is 21.3 Å². The predicted molar refractivity (Wildman–Crippen MR) is 167 cm³/mol. The molecule has 0 bridgehead atoms. The van der Waals surface area contributed by atoms with E-state index in [2.05, 4.69) is 5.32 Å². The number of ketones is 1. The molecule has 234 valence electrons. The van der Waals surface area contributed by atoms with Crippen molar-refractivity contribution in [1.82, 2.24) is 9.88 Å². The van der Waals surface area contributed by atoms with E-state index in [1.165, 1.54) is 6.07 Å². The van der Waals surface area contributed by atoms with E-state index < -0.39 is 29.0 Å². The zero-order valence-corrected chi connectivity index (χ0v) is 24.7. The third-order valence-corrected chi connectivity index (χ3v) is 7.78. The standard InChI is InChI=1S/C35H35F2N3O5/c36-24-11-16-28(30(37)22-24)33(42)29-17-18-32(41)40(34(29)38)25-12-14-26(15-13-25)44-20-6-19-39-31(21-23-7-2-1-3-8-23)35(43)45-27-9-4-5-10-27/h1-3,7-8,11-18,22,27,31,39H,4-6,9-10,19-21,38H2/t31-/m0/s1. The third-order valence-electron chi connectivity index (χ3n) is 7.78. The molecule has 1 saturated carbocycles. The molecule has 1 aliphatic rings. The maximum Gasteiger partial charge on any atom is 0.323 e. The summed E-state index contributed by atoms with van der Waals surface area (Å²) in [5.74, 6) is -2.47. The molecule has 3 N–H and O–H groups in total. The van der Waals surface area contributed by atoms with Crippen LogP contribution in [0.15, 0.2) is 89.7 Å². The van der Waals surface area contributed by atoms with Crippen molar-refractivity contribution >= 4 is 17.6 Å². The lowest BCUT2D eigenvalue weighted by molar-refractivity contribution is -0.151. The Morgan fingerprint density at radius 3 is 2.36 bits per heavy atom. The van der Waals surface area contributed by atoms with Crippen LogP contribution in [-0.2, 0) is 16.0 Å². The number of ether oxygens (including phenoxy) is 2. The third kappa shape index (κ3) is 8.02. The monoisotopic (exact) mass is 615 g/mol. The summed E-state index contributed by atoms with van der Waals surface area (Å²) >= 11 is 0. The van der Waals surface area contributed by atoms with Gasteiger partial charge in [-0.15, -0.1) is 0 Å². The van der Waals surface area contributed by atoms with Crippen molar-refractivity contribution in [1.29, 1.82) is 0 Å². The maximum atomic E-state index is 14.2. The molecule has 8 nitrogen and oxygen atoms in total. The average Bonchev–Trinajstić information content (AvgIpc) is 3.54. The minimum atomic E-state index is -1.02. The normalized spacial score (nSPS) is 13.8. The number of aromatic nitrogens is 1. The Hall–Kier alpha value is -4.83. The molecule has 10 heteroatoms. The molecule has 0 spiro atoms. The summed E-state index contributed by atoms with van der Waals surface area (Å²) in [6.45, 7) is 0.911. The quantitative estimate of drug-likeness (QED) is 0.118. The number of hydrogen-bond acceptors (Lipinski definition) is 7. The highest BCUT2D eigenvalue weighted by atomic mass is 19.1. The second-order valence-corrected chi connectivity index (χ2v) is 11.0. The van der Waals surface area contributed by atoms with Gasteiger partial charge in [0.1, 0.15) is 35.3 Å². The number of pyridine rings is 1. The molecule has 0 aliphatic heterocycles. The predicted octanol–water partition coefficient (Wildman–Crippen LogP) is 5.38. The van der Waals surface area contributed by atoms with Gasteiger partial charge in [-0.3, -0.25) is 19.0 Å². The van der Waals surface area contributed by atoms with Crippen LogP contribution in [0.5, 0.6) is 5.75 Å². The van der Waals surface area contributed by atoms with Crippen LogP contribution in [-0.4, -0.2) is 41.6 Å². The molecule has 4 aromatic rings. The molecule has 0 unspecified atom stereocenters. The van der Waals surface area contributed by atoms with Gasteiger partial charge in [0.15, 0.2) is 5.78 Å². The number of rotatable bonds is 13. The number of benzene rings is 3. The van der Waals surface area contributed by atoms with Gasteiger partial charge >= 0.3 is 5.97 Å². The van der Waals surface area contributed by atoms with E-state index in [0.717, 1.165) is 54.0 Å². The lowest BCUT2D eigenvalue weighted by Gasteiger charge is -2.20. The highest BCUT2D eigenvalue weighted by molar-refractivity contribution is 6.11. The van der Waals surface area contributed by atoms with Gasteiger partial charge in [0.05, 0.1) is 23.4 Å². The van der Waals surface area contributed by atoms with Gasteiger partial charge < -0.3 is 20.5 Å². The summed E-state index contributed by atoms with van der Waals surface area (Å²) in [4.78, 5) is 38.6. The second-order valence-electron chi connectivity index (χ2n) is 11.0. The average molecular weight is 616 g/mol. The molecule has 0 amide bonds. The van der Waals surface area contributed by atoms with Crippen LogP contribution in [0.25, 0.3) is 5.69 Å². The highest BCUT2D eigenvalue weighted by Crippen LogP contribution is 2.23. The maximum absolute atomic E-state index is 14.2. The van der Waals surface area contributed by atoms with E-state index in [1.54, 1.807) is 24.3 Å². The van der Waals surface area contributed by atoms with Crippen LogP contribution in [0.2, 0.25) is 0 Å². The van der Waals surface area contributed by atoms with Crippen LogP contribution in [0.3, 0.4) is 0 Å². The van der Waals surface area contributed by atoms with Crippen LogP contribution in [0, 0.1) is 11.6 Å². The number of nitrogens with zero attached hydrogens (tertiary/aromatic N) is 1. The number of nitrogen functional groups attached to an aromatic ring is 1. The minimum Gasteiger partial charge on any atom is -0.494 e. The Morgan fingerprint density at radius 1 is 0.933 bits per heavy atom. The second kappa shape index (κ2) is 14.8. The summed E-state index contributed by atoms with van der Waals surface area (Å²) in [5.41, 5.74) is 6.69. The number of esters is 1. The first-order valence-corrected chi connectivity index (χ1v) is 15.0. The zero-order valence-electron chi connectivity index (χ0n) is 24.7. The number of carbonyl (C=O) groups is 2. The Balaban J connectivity index is 1.18. The Kier molecular flexibility index (Phi) is 10.4. The van der Waals surface area contributed by atoms with Gasteiger partial charge in [0, 0.05) is 12.1 Å². The van der Waals surface area contributed by atoms with E-state index >= 15 is 0 Å². The van der Waals surface area contributed by atoms with Gasteiger partial charge in [0.25, 0.3) is 5.56 Å². The lowest BCUT2D eigenvalue weighted by Crippen LogP contribution is -2.41. The number of nitrogens with one attached hydrogen (secondary N) is 1. The molecule has 0 saturated heterocycles. The van der Waals surface area contributed by atoms with Crippen molar-refractivity contribution in [2.24, 2.45) is 0 Å². The molecular weight excluding hydrogens is 580 g/mol. The number of nitrogens with two attached hydrogens (primary N) is 1. The number of hydrogen-bond donors (Lipinski definition) is 2. The van der Waals surface area contributed by atoms with E-state index in [1.807, 2.05) is 30.3 Å². The first kappa shape index (κ1) is 31.6. The Labute approximate surface area is 259 Å². The van der Waals surface area contributed by atoms with Crippen LogP contribution >= 0.6 is 0 Å². The number of anilines is 1. The van der Waals surface area contributed by atoms with Gasteiger partial charge in [0.2, 0.25) is 0 Å². The van der Waals surface area contributed by atoms with Crippen molar-refractivity contribution in [3.8, 4) is 11.4 Å². The minimum absolute atomic E-state index is 0.00384. The fraction of sp³-hybridized carbons (Fsp3) is 0.286. The van der Waals surface area contributed by atoms with Crippen molar-refractivity contribution in [3.63, 3.8) is 0 Å². The zero-order chi connectivity index (χ0) is 31.8. The summed E-state index contributed by atoms with van der Waals surface area (Å²) in [6.07, 6.45) is 5.15. The van der Waals surface area contributed by atoms with E-state index in [-0.39, 0.29) is 29.0 Å². The lowest BCUT2D eigenvalue weighted by atomic mass is 10.0. The van der Waals surface area contributed by atoms with Gasteiger partial charge in [-0.05, 0) is 93.1 Å². The molecule has 1 aromatic heterocycles. The van der Waals surface area contributed by atoms with Crippen LogP contribution in [0.1, 0.15) is 53.6 Å². The molecule has 1 aliphatic carbocycles. The summed E-state index contributed by atoms with van der Waals surface area (Å²) in [6, 6.07) is 20.9. The Morgan fingerprint density at radius 2 is 1.64 bits per heavy atom. The van der Waals surface area contributed by atoms with Crippen molar-refractivity contribution < 1.29 is 27.8 Å². The molecule has 3 aromatic carbocycles. The molecule has 1 atom stereocenters. The SMILES string of the molecule is Nc1c(C(=O)c2ccc(F)cc2F)ccc(=O)n1-c1ccc(OCCCN[C@@H](Cc2ccccc2)C(=O)OC2CCCC2)cc1. The van der Waals surface area contributed by atoms with Gasteiger partial charge in [-0.2, -0.15) is 0 Å². The molecular formula is C35H35F2N3O5. The van der Waals surface area contributed by atoms with Crippen LogP contribution in [0.4, 0.5) is 14.6 Å². The molecule has 1 fully saturated rings. The first-order chi connectivity index (χ1) is 21.8. The molecule has 1 heterocycles. The largest absolute Gasteiger partial charge is 0.494 e.